The van der Waals surface area contributed by atoms with Crippen molar-refractivity contribution in [3.63, 3.8) is 0 Å². The predicted octanol–water partition coefficient (Wildman–Crippen LogP) is 4.11. The number of aliphatic imine (C=N–C) groups is 1. The summed E-state index contributed by atoms with van der Waals surface area (Å²) in [5.74, 6) is -3.79. The van der Waals surface area contributed by atoms with Gasteiger partial charge in [0.1, 0.15) is 25.6 Å². The highest BCUT2D eigenvalue weighted by atomic mass is 19.4. The molecule has 4 aromatic rings. The van der Waals surface area contributed by atoms with E-state index in [1.165, 1.54) is 30.0 Å². The summed E-state index contributed by atoms with van der Waals surface area (Å²) in [5.41, 5.74) is 14.7. The molecule has 19 heteroatoms. The fourth-order valence-corrected chi connectivity index (χ4v) is 4.57. The van der Waals surface area contributed by atoms with Crippen LogP contribution in [0.25, 0.3) is 11.3 Å². The number of aromatic nitrogens is 2. The van der Waals surface area contributed by atoms with E-state index in [9.17, 15) is 32.3 Å². The molecule has 0 fully saturated rings. The topological polar surface area (TPSA) is 240 Å². The number of carbonyl (C=O) groups excluding carboxylic acids is 3. The normalized spacial score (nSPS) is 11.2. The number of amidine groups is 1. The zero-order chi connectivity index (χ0) is 41.4. The average Bonchev–Trinajstić information content (AvgIpc) is 3.15. The molecule has 0 saturated heterocycles. The Morgan fingerprint density at radius 1 is 0.946 bits per heavy atom. The van der Waals surface area contributed by atoms with Crippen LogP contribution in [0.3, 0.4) is 0 Å². The van der Waals surface area contributed by atoms with E-state index in [1.54, 1.807) is 30.3 Å². The molecule has 0 aliphatic carbocycles. The number of anilines is 2. The van der Waals surface area contributed by atoms with Gasteiger partial charge in [0.05, 0.1) is 24.1 Å². The maximum absolute atomic E-state index is 13.5. The van der Waals surface area contributed by atoms with E-state index in [1.807, 2.05) is 44.2 Å². The first-order chi connectivity index (χ1) is 26.5. The highest BCUT2D eigenvalue weighted by Gasteiger charge is 2.38. The highest BCUT2D eigenvalue weighted by molar-refractivity contribution is 6.02. The van der Waals surface area contributed by atoms with Crippen molar-refractivity contribution < 1.29 is 51.7 Å². The number of rotatable bonds is 14. The van der Waals surface area contributed by atoms with Crippen LogP contribution >= 0.6 is 0 Å². The van der Waals surface area contributed by atoms with Crippen molar-refractivity contribution in [2.75, 3.05) is 31.4 Å². The molecule has 1 heterocycles. The number of nitrogens with one attached hydrogen (secondary N) is 2. The highest BCUT2D eigenvalue weighted by Crippen LogP contribution is 2.24. The predicted molar refractivity (Wildman–Crippen MR) is 199 cm³/mol. The Bertz CT molecular complexity index is 2070. The second-order valence-electron chi connectivity index (χ2n) is 12.0. The number of methoxy groups -OCH3 is 1. The Hall–Kier alpha value is -6.76. The van der Waals surface area contributed by atoms with Crippen molar-refractivity contribution in [3.05, 3.63) is 112 Å². The molecule has 0 atom stereocenters. The number of amides is 2. The van der Waals surface area contributed by atoms with Gasteiger partial charge in [0.15, 0.2) is 5.82 Å². The Morgan fingerprint density at radius 2 is 1.61 bits per heavy atom. The van der Waals surface area contributed by atoms with Crippen LogP contribution in [0.1, 0.15) is 40.9 Å². The first-order valence-electron chi connectivity index (χ1n) is 16.6. The summed E-state index contributed by atoms with van der Waals surface area (Å²) in [6, 6.07) is 20.4. The monoisotopic (exact) mass is 783 g/mol. The molecule has 0 saturated carbocycles. The van der Waals surface area contributed by atoms with Crippen LogP contribution in [0, 0.1) is 0 Å². The zero-order valence-electron chi connectivity index (χ0n) is 30.5. The number of halogens is 3. The van der Waals surface area contributed by atoms with E-state index in [4.69, 9.17) is 35.6 Å². The number of carboxylic acids is 1. The van der Waals surface area contributed by atoms with E-state index < -0.39 is 35.7 Å². The lowest BCUT2D eigenvalue weighted by molar-refractivity contribution is -0.192. The van der Waals surface area contributed by atoms with Crippen molar-refractivity contribution in [2.24, 2.45) is 10.7 Å². The molecule has 0 radical (unpaired) electrons. The minimum absolute atomic E-state index is 0.0167. The maximum Gasteiger partial charge on any atom is 0.490 e. The number of alkyl halides is 3. The third-order valence-electron chi connectivity index (χ3n) is 7.19. The number of nitrogen functional groups attached to an aromatic ring is 1. The van der Waals surface area contributed by atoms with Gasteiger partial charge >= 0.3 is 24.2 Å². The van der Waals surface area contributed by atoms with Crippen molar-refractivity contribution >= 4 is 41.3 Å². The molecule has 0 bridgehead atoms. The molecular weight excluding hydrogens is 743 g/mol. The van der Waals surface area contributed by atoms with Gasteiger partial charge in [-0.15, -0.1) is 0 Å². The van der Waals surface area contributed by atoms with E-state index in [0.29, 0.717) is 11.1 Å². The van der Waals surface area contributed by atoms with Gasteiger partial charge in [0.25, 0.3) is 5.56 Å². The van der Waals surface area contributed by atoms with Gasteiger partial charge in [-0.3, -0.25) is 14.2 Å². The molecule has 3 aromatic carbocycles. The lowest BCUT2D eigenvalue weighted by atomic mass is 10.1. The summed E-state index contributed by atoms with van der Waals surface area (Å²) in [7, 11) is 1.49. The largest absolute Gasteiger partial charge is 0.490 e. The molecular formula is C37H40F3N7O9. The van der Waals surface area contributed by atoms with Gasteiger partial charge in [-0.25, -0.2) is 19.4 Å². The average molecular weight is 784 g/mol. The number of carboxylic acid groups (broad SMARTS) is 1. The molecule has 0 spiro atoms. The number of aliphatic carboxylic acids is 1. The molecule has 298 valence electrons. The first kappa shape index (κ1) is 43.6. The molecule has 7 N–H and O–H groups in total. The third kappa shape index (κ3) is 13.9. The number of esters is 1. The Labute approximate surface area is 318 Å². The smallest absolute Gasteiger partial charge is 0.475 e. The van der Waals surface area contributed by atoms with Gasteiger partial charge in [0.2, 0.25) is 5.91 Å². The fourth-order valence-electron chi connectivity index (χ4n) is 4.57. The summed E-state index contributed by atoms with van der Waals surface area (Å²) in [6.07, 6.45) is -4.46. The van der Waals surface area contributed by atoms with Crippen LogP contribution in [-0.2, 0) is 43.5 Å². The third-order valence-corrected chi connectivity index (χ3v) is 7.19. The van der Waals surface area contributed by atoms with E-state index in [-0.39, 0.29) is 67.6 Å². The molecule has 0 aliphatic heterocycles. The number of nitrogens with zero attached hydrogens (tertiary/aromatic N) is 3. The van der Waals surface area contributed by atoms with Gasteiger partial charge in [0, 0.05) is 36.5 Å². The number of ether oxygens (including phenoxy) is 3. The van der Waals surface area contributed by atoms with Crippen LogP contribution < -0.4 is 27.7 Å². The molecule has 0 aliphatic rings. The summed E-state index contributed by atoms with van der Waals surface area (Å²) in [4.78, 5) is 68.5. The summed E-state index contributed by atoms with van der Waals surface area (Å²) >= 11 is 0. The second-order valence-corrected chi connectivity index (χ2v) is 12.0. The number of benzene rings is 3. The summed E-state index contributed by atoms with van der Waals surface area (Å²) < 4.78 is 48.3. The quantitative estimate of drug-likeness (QED) is 0.0398. The standard InChI is InChI=1S/C35H39N7O7.C2HF3O2/c1-22(2)40-32-33(44)42(29(19-39-32)26-15-27(17-28(36)16-26)34(45)48-14-13-47-3)20-30(43)38-18-23-9-11-25(12-10-23)31(37)41-35(46)49-21-24-7-5-4-6-8-24;3-2(4,5)1(6)7/h4-12,15-17,19,22H,13-14,18,20-21,36H2,1-3H3,(H,38,43)(H,39,40)(H2,37,41,46);(H,6,7). The van der Waals surface area contributed by atoms with Crippen LogP contribution in [0.5, 0.6) is 0 Å². The van der Waals surface area contributed by atoms with Crippen LogP contribution in [0.4, 0.5) is 29.5 Å². The number of nitrogens with two attached hydrogens (primary N) is 2. The lowest BCUT2D eigenvalue weighted by Gasteiger charge is -2.17. The molecule has 0 unspecified atom stereocenters. The van der Waals surface area contributed by atoms with Crippen LogP contribution in [-0.4, -0.2) is 77.0 Å². The van der Waals surface area contributed by atoms with E-state index >= 15 is 0 Å². The fraction of sp³-hybridized carbons (Fsp3) is 0.270. The Morgan fingerprint density at radius 3 is 2.21 bits per heavy atom. The lowest BCUT2D eigenvalue weighted by Crippen LogP contribution is -2.35. The Balaban J connectivity index is 0.00000109. The number of carbonyl (C=O) groups is 4. The minimum Gasteiger partial charge on any atom is -0.475 e. The first-order valence-corrected chi connectivity index (χ1v) is 16.6. The molecule has 1 aromatic heterocycles. The summed E-state index contributed by atoms with van der Waals surface area (Å²) in [6.45, 7) is 3.84. The van der Waals surface area contributed by atoms with Crippen LogP contribution in [0.15, 0.2) is 88.8 Å². The van der Waals surface area contributed by atoms with E-state index in [2.05, 4.69) is 20.6 Å². The van der Waals surface area contributed by atoms with Gasteiger partial charge in [-0.1, -0.05) is 54.6 Å². The van der Waals surface area contributed by atoms with Gasteiger partial charge < -0.3 is 41.4 Å². The molecule has 4 rings (SSSR count). The van der Waals surface area contributed by atoms with Gasteiger partial charge in [-0.2, -0.15) is 18.2 Å². The van der Waals surface area contributed by atoms with Gasteiger partial charge in [-0.05, 0) is 43.2 Å². The van der Waals surface area contributed by atoms with E-state index in [0.717, 1.165) is 11.1 Å². The molecule has 56 heavy (non-hydrogen) atoms. The Kier molecular flexibility index (Phi) is 16.1. The van der Waals surface area contributed by atoms with Crippen molar-refractivity contribution in [3.8, 4) is 11.3 Å². The van der Waals surface area contributed by atoms with Crippen molar-refractivity contribution in [2.45, 2.75) is 45.8 Å². The number of hydrogen-bond donors (Lipinski definition) is 5. The van der Waals surface area contributed by atoms with Crippen molar-refractivity contribution in [1.29, 1.82) is 0 Å². The SMILES string of the molecule is COCCOC(=O)c1cc(N)cc(-c2cnc(NC(C)C)c(=O)n2CC(=O)NCc2ccc(/C(N)=N/C(=O)OCc3ccccc3)cc2)c1.O=C(O)C(F)(F)F. The van der Waals surface area contributed by atoms with Crippen molar-refractivity contribution in [1.82, 2.24) is 14.9 Å². The zero-order valence-corrected chi connectivity index (χ0v) is 30.5. The molecule has 2 amide bonds. The minimum atomic E-state index is -5.08. The van der Waals surface area contributed by atoms with Crippen LogP contribution in [0.2, 0.25) is 0 Å². The number of hydrogen-bond acceptors (Lipinski definition) is 11. The maximum atomic E-state index is 13.5. The second kappa shape index (κ2) is 20.6. The molecule has 16 nitrogen and oxygen atoms in total. The summed E-state index contributed by atoms with van der Waals surface area (Å²) in [5, 5.41) is 12.9.